The Bertz CT molecular complexity index is 1030. The predicted molar refractivity (Wildman–Crippen MR) is 98.3 cm³/mol. The number of rotatable bonds is 4. The molecule has 0 unspecified atom stereocenters. The minimum absolute atomic E-state index is 0.0592. The zero-order valence-electron chi connectivity index (χ0n) is 15.5. The Labute approximate surface area is 178 Å². The number of pyridine rings is 1. The fourth-order valence-corrected chi connectivity index (χ4v) is 4.69. The highest BCUT2D eigenvalue weighted by molar-refractivity contribution is 7.89. The van der Waals surface area contributed by atoms with Gasteiger partial charge in [-0.3, -0.25) is 0 Å². The molecule has 0 spiro atoms. The van der Waals surface area contributed by atoms with Gasteiger partial charge >= 0.3 is 12.4 Å². The molecule has 1 fully saturated rings. The van der Waals surface area contributed by atoms with Crippen molar-refractivity contribution in [3.63, 3.8) is 0 Å². The van der Waals surface area contributed by atoms with E-state index < -0.39 is 33.9 Å². The maximum absolute atomic E-state index is 12.8. The predicted octanol–water partition coefficient (Wildman–Crippen LogP) is 5.51. The molecule has 2 heterocycles. The summed E-state index contributed by atoms with van der Waals surface area (Å²) in [4.78, 5) is 3.36. The molecule has 1 aromatic carbocycles. The van der Waals surface area contributed by atoms with E-state index in [0.717, 1.165) is 4.31 Å². The van der Waals surface area contributed by atoms with E-state index in [-0.39, 0.29) is 47.5 Å². The Kier molecular flexibility index (Phi) is 6.45. The zero-order valence-corrected chi connectivity index (χ0v) is 17.1. The first-order valence-electron chi connectivity index (χ1n) is 8.86. The van der Waals surface area contributed by atoms with Gasteiger partial charge in [-0.05, 0) is 43.2 Å². The molecule has 1 aromatic heterocycles. The van der Waals surface area contributed by atoms with Crippen LogP contribution in [0.15, 0.2) is 41.4 Å². The van der Waals surface area contributed by atoms with Gasteiger partial charge in [0, 0.05) is 19.3 Å². The number of aromatic nitrogens is 1. The summed E-state index contributed by atoms with van der Waals surface area (Å²) in [5.74, 6) is -1.78. The van der Waals surface area contributed by atoms with Crippen LogP contribution in [-0.4, -0.2) is 37.0 Å². The van der Waals surface area contributed by atoms with Gasteiger partial charge in [0.2, 0.25) is 15.9 Å². The summed E-state index contributed by atoms with van der Waals surface area (Å²) in [6.07, 6.45) is -9.07. The average Bonchev–Trinajstić information content (AvgIpc) is 2.68. The third-order valence-corrected chi connectivity index (χ3v) is 6.91. The van der Waals surface area contributed by atoms with E-state index in [1.54, 1.807) is 0 Å². The lowest BCUT2D eigenvalue weighted by Gasteiger charge is -2.32. The number of hydrogen-bond acceptors (Lipinski definition) is 4. The van der Waals surface area contributed by atoms with Gasteiger partial charge in [-0.25, -0.2) is 13.4 Å². The maximum atomic E-state index is 12.8. The molecule has 0 atom stereocenters. The number of piperidine rings is 1. The third kappa shape index (κ3) is 5.42. The fourth-order valence-electron chi connectivity index (χ4n) is 3.02. The Morgan fingerprint density at radius 1 is 1.03 bits per heavy atom. The topological polar surface area (TPSA) is 59.5 Å². The number of nitrogens with zero attached hydrogens (tertiary/aromatic N) is 2. The van der Waals surface area contributed by atoms with Gasteiger partial charge in [0.05, 0.1) is 16.4 Å². The van der Waals surface area contributed by atoms with Gasteiger partial charge in [-0.1, -0.05) is 11.6 Å². The second kappa shape index (κ2) is 8.47. The van der Waals surface area contributed by atoms with Crippen LogP contribution in [0.3, 0.4) is 0 Å². The molecule has 5 nitrogen and oxygen atoms in total. The molecule has 1 aliphatic rings. The summed E-state index contributed by atoms with van der Waals surface area (Å²) in [7, 11) is -4.01. The molecule has 0 saturated carbocycles. The molecule has 0 radical (unpaired) electrons. The van der Waals surface area contributed by atoms with Crippen LogP contribution < -0.4 is 4.74 Å². The highest BCUT2D eigenvalue weighted by Gasteiger charge is 2.43. The number of hydrogen-bond donors (Lipinski definition) is 0. The second-order valence-corrected chi connectivity index (χ2v) is 9.15. The number of alkyl halides is 6. The zero-order chi connectivity index (χ0) is 23.0. The highest BCUT2D eigenvalue weighted by atomic mass is 35.5. The molecular weight excluding hydrogens is 474 g/mol. The van der Waals surface area contributed by atoms with Gasteiger partial charge in [-0.2, -0.15) is 30.6 Å². The summed E-state index contributed by atoms with van der Waals surface area (Å²) in [6, 6.07) is 5.49. The number of halogens is 7. The quantitative estimate of drug-likeness (QED) is 0.533. The lowest BCUT2D eigenvalue weighted by Crippen LogP contribution is -2.42. The van der Waals surface area contributed by atoms with Crippen molar-refractivity contribution in [1.29, 1.82) is 0 Å². The van der Waals surface area contributed by atoms with E-state index in [0.29, 0.717) is 12.3 Å². The number of sulfonamides is 1. The minimum Gasteiger partial charge on any atom is -0.438 e. The van der Waals surface area contributed by atoms with Crippen molar-refractivity contribution < 1.29 is 39.5 Å². The summed E-state index contributed by atoms with van der Waals surface area (Å²) in [6.45, 7) is -0.508. The summed E-state index contributed by atoms with van der Waals surface area (Å²) in [5.41, 5.74) is -1.06. The van der Waals surface area contributed by atoms with E-state index in [1.165, 1.54) is 24.3 Å². The first-order chi connectivity index (χ1) is 14.3. The number of ether oxygens (including phenoxy) is 1. The molecule has 31 heavy (non-hydrogen) atoms. The van der Waals surface area contributed by atoms with Crippen molar-refractivity contribution in [3.8, 4) is 11.6 Å². The van der Waals surface area contributed by atoms with Crippen molar-refractivity contribution in [1.82, 2.24) is 9.29 Å². The summed E-state index contributed by atoms with van der Waals surface area (Å²) in [5, 5.41) is -0.390. The molecule has 3 rings (SSSR count). The third-order valence-electron chi connectivity index (χ3n) is 4.73. The first kappa shape index (κ1) is 23.6. The minimum atomic E-state index is -4.63. The van der Waals surface area contributed by atoms with E-state index in [9.17, 15) is 34.8 Å². The summed E-state index contributed by atoms with van der Waals surface area (Å²) < 4.78 is 108. The van der Waals surface area contributed by atoms with Crippen molar-refractivity contribution in [2.75, 3.05) is 13.1 Å². The Hall–Kier alpha value is -2.05. The van der Waals surface area contributed by atoms with Gasteiger partial charge in [0.15, 0.2) is 0 Å². The molecule has 0 N–H and O–H groups in total. The molecule has 1 saturated heterocycles. The molecule has 2 aromatic rings. The van der Waals surface area contributed by atoms with Crippen LogP contribution in [0, 0.1) is 5.92 Å². The first-order valence-corrected chi connectivity index (χ1v) is 10.7. The normalized spacial score (nSPS) is 17.0. The smallest absolute Gasteiger partial charge is 0.417 e. The number of benzene rings is 1. The molecule has 0 aliphatic carbocycles. The standard InChI is InChI=1S/C18H15ClF6N2O3S/c19-15-9-12(18(23,24)25)10-26-16(15)30-13-1-3-14(4-2-13)31(28,29)27-7-5-11(6-8-27)17(20,21)22/h1-4,9-11H,5-8H2. The molecule has 170 valence electrons. The van der Waals surface area contributed by atoms with Gasteiger partial charge in [0.25, 0.3) is 0 Å². The van der Waals surface area contributed by atoms with Crippen LogP contribution in [0.4, 0.5) is 26.3 Å². The molecule has 0 bridgehead atoms. The van der Waals surface area contributed by atoms with Crippen LogP contribution in [0.1, 0.15) is 18.4 Å². The Morgan fingerprint density at radius 3 is 2.10 bits per heavy atom. The monoisotopic (exact) mass is 488 g/mol. The van der Waals surface area contributed by atoms with Crippen molar-refractivity contribution in [3.05, 3.63) is 47.1 Å². The second-order valence-electron chi connectivity index (χ2n) is 6.80. The van der Waals surface area contributed by atoms with E-state index in [2.05, 4.69) is 4.98 Å². The van der Waals surface area contributed by atoms with Crippen LogP contribution in [0.25, 0.3) is 0 Å². The Balaban J connectivity index is 1.70. The Morgan fingerprint density at radius 2 is 1.61 bits per heavy atom. The van der Waals surface area contributed by atoms with Crippen LogP contribution in [-0.2, 0) is 16.2 Å². The van der Waals surface area contributed by atoms with E-state index in [1.807, 2.05) is 0 Å². The largest absolute Gasteiger partial charge is 0.438 e. The van der Waals surface area contributed by atoms with E-state index >= 15 is 0 Å². The highest BCUT2D eigenvalue weighted by Crippen LogP contribution is 2.37. The molecule has 1 aliphatic heterocycles. The van der Waals surface area contributed by atoms with Crippen LogP contribution >= 0.6 is 11.6 Å². The maximum Gasteiger partial charge on any atom is 0.417 e. The lowest BCUT2D eigenvalue weighted by atomic mass is 9.98. The van der Waals surface area contributed by atoms with Crippen LogP contribution in [0.5, 0.6) is 11.6 Å². The molecular formula is C18H15ClF6N2O3S. The van der Waals surface area contributed by atoms with Gasteiger partial charge < -0.3 is 4.74 Å². The van der Waals surface area contributed by atoms with E-state index in [4.69, 9.17) is 16.3 Å². The summed E-state index contributed by atoms with van der Waals surface area (Å²) >= 11 is 5.76. The van der Waals surface area contributed by atoms with Crippen molar-refractivity contribution in [2.24, 2.45) is 5.92 Å². The SMILES string of the molecule is O=S(=O)(c1ccc(Oc2ncc(C(F)(F)F)cc2Cl)cc1)N1CCC(C(F)(F)F)CC1. The molecule has 13 heteroatoms. The van der Waals surface area contributed by atoms with Crippen LogP contribution in [0.2, 0.25) is 5.02 Å². The van der Waals surface area contributed by atoms with Gasteiger partial charge in [0.1, 0.15) is 10.8 Å². The molecule has 0 amide bonds. The van der Waals surface area contributed by atoms with Crippen molar-refractivity contribution in [2.45, 2.75) is 30.1 Å². The van der Waals surface area contributed by atoms with Gasteiger partial charge in [-0.15, -0.1) is 0 Å². The average molecular weight is 489 g/mol. The lowest BCUT2D eigenvalue weighted by molar-refractivity contribution is -0.182. The van der Waals surface area contributed by atoms with Crippen molar-refractivity contribution >= 4 is 21.6 Å². The fraction of sp³-hybridized carbons (Fsp3) is 0.389.